The smallest absolute Gasteiger partial charge is 0.122 e. The van der Waals surface area contributed by atoms with Gasteiger partial charge >= 0.3 is 0 Å². The maximum absolute atomic E-state index is 4.38. The Morgan fingerprint density at radius 2 is 1.83 bits per heavy atom. The van der Waals surface area contributed by atoms with Crippen molar-refractivity contribution in [1.29, 1.82) is 0 Å². The largest absolute Gasteiger partial charge is 0.329 e. The fourth-order valence-corrected chi connectivity index (χ4v) is 2.44. The molecule has 2 aromatic rings. The maximum Gasteiger partial charge on any atom is 0.122 e. The predicted octanol–water partition coefficient (Wildman–Crippen LogP) is 2.58. The van der Waals surface area contributed by atoms with Crippen LogP contribution in [0.4, 0.5) is 0 Å². The molecule has 1 aromatic heterocycles. The summed E-state index contributed by atoms with van der Waals surface area (Å²) in [6.45, 7) is 8.22. The van der Waals surface area contributed by atoms with Gasteiger partial charge in [-0.3, -0.25) is 0 Å². The van der Waals surface area contributed by atoms with Crippen molar-refractivity contribution in [1.82, 2.24) is 14.9 Å². The molecule has 18 heavy (non-hydrogen) atoms. The van der Waals surface area contributed by atoms with E-state index < -0.39 is 0 Å². The minimum Gasteiger partial charge on any atom is -0.329 e. The molecule has 0 saturated heterocycles. The summed E-state index contributed by atoms with van der Waals surface area (Å²) in [4.78, 5) is 4.38. The van der Waals surface area contributed by atoms with Crippen LogP contribution in [0, 0.1) is 20.8 Å². The first-order valence-electron chi connectivity index (χ1n) is 6.33. The van der Waals surface area contributed by atoms with Crippen LogP contribution in [-0.4, -0.2) is 16.6 Å². The van der Waals surface area contributed by atoms with Gasteiger partial charge < -0.3 is 9.88 Å². The first kappa shape index (κ1) is 12.8. The number of aryl methyl sites for hydroxylation is 3. The van der Waals surface area contributed by atoms with Gasteiger partial charge in [0.05, 0.1) is 6.54 Å². The highest BCUT2D eigenvalue weighted by Crippen LogP contribution is 2.18. The monoisotopic (exact) mass is 243 g/mol. The van der Waals surface area contributed by atoms with E-state index in [4.69, 9.17) is 0 Å². The zero-order valence-corrected chi connectivity index (χ0v) is 11.6. The van der Waals surface area contributed by atoms with E-state index in [9.17, 15) is 0 Å². The summed E-state index contributed by atoms with van der Waals surface area (Å²) in [6, 6.07) is 4.49. The molecule has 3 nitrogen and oxygen atoms in total. The van der Waals surface area contributed by atoms with Gasteiger partial charge in [-0.05, 0) is 44.5 Å². The molecule has 0 bridgehead atoms. The van der Waals surface area contributed by atoms with E-state index in [-0.39, 0.29) is 0 Å². The molecule has 0 radical (unpaired) electrons. The quantitative estimate of drug-likeness (QED) is 0.894. The van der Waals surface area contributed by atoms with Crippen LogP contribution in [0.25, 0.3) is 0 Å². The zero-order valence-electron chi connectivity index (χ0n) is 11.6. The number of aromatic nitrogens is 2. The van der Waals surface area contributed by atoms with Crippen molar-refractivity contribution in [3.63, 3.8) is 0 Å². The van der Waals surface area contributed by atoms with Crippen LogP contribution in [-0.2, 0) is 13.1 Å². The Morgan fingerprint density at radius 3 is 2.44 bits per heavy atom. The Morgan fingerprint density at radius 1 is 1.17 bits per heavy atom. The summed E-state index contributed by atoms with van der Waals surface area (Å²) in [7, 11) is 1.95. The summed E-state index contributed by atoms with van der Waals surface area (Å²) in [5, 5.41) is 3.15. The van der Waals surface area contributed by atoms with Gasteiger partial charge in [-0.15, -0.1) is 0 Å². The Hall–Kier alpha value is -1.61. The average Bonchev–Trinajstić information content (AvgIpc) is 2.71. The van der Waals surface area contributed by atoms with Crippen LogP contribution in [0.5, 0.6) is 0 Å². The molecular formula is C15H21N3. The van der Waals surface area contributed by atoms with E-state index in [1.165, 1.54) is 22.3 Å². The molecule has 0 aliphatic heterocycles. The molecule has 0 aliphatic carbocycles. The molecule has 1 heterocycles. The molecule has 96 valence electrons. The van der Waals surface area contributed by atoms with Gasteiger partial charge in [-0.1, -0.05) is 17.7 Å². The van der Waals surface area contributed by atoms with Gasteiger partial charge in [0.25, 0.3) is 0 Å². The average molecular weight is 243 g/mol. The van der Waals surface area contributed by atoms with Gasteiger partial charge in [0, 0.05) is 18.9 Å². The van der Waals surface area contributed by atoms with E-state index in [0.717, 1.165) is 18.9 Å². The van der Waals surface area contributed by atoms with Crippen molar-refractivity contribution in [2.24, 2.45) is 0 Å². The van der Waals surface area contributed by atoms with Crippen molar-refractivity contribution in [2.75, 3.05) is 7.05 Å². The molecule has 0 spiro atoms. The number of rotatable bonds is 4. The summed E-state index contributed by atoms with van der Waals surface area (Å²) in [5.41, 5.74) is 5.44. The van der Waals surface area contributed by atoms with Crippen LogP contribution in [0.1, 0.15) is 28.1 Å². The molecule has 0 unspecified atom stereocenters. The van der Waals surface area contributed by atoms with E-state index in [2.05, 4.69) is 47.8 Å². The van der Waals surface area contributed by atoms with Crippen molar-refractivity contribution >= 4 is 0 Å². The molecule has 0 atom stereocenters. The molecule has 3 heteroatoms. The Labute approximate surface area is 109 Å². The number of benzene rings is 1. The molecule has 1 N–H and O–H groups in total. The second-order valence-electron chi connectivity index (χ2n) is 4.88. The van der Waals surface area contributed by atoms with Crippen LogP contribution in [0.3, 0.4) is 0 Å². The van der Waals surface area contributed by atoms with Crippen molar-refractivity contribution in [3.05, 3.63) is 52.6 Å². The Bertz CT molecular complexity index is 517. The Kier molecular flexibility index (Phi) is 3.82. The zero-order chi connectivity index (χ0) is 13.1. The molecular weight excluding hydrogens is 222 g/mol. The van der Waals surface area contributed by atoms with E-state index >= 15 is 0 Å². The second kappa shape index (κ2) is 5.36. The lowest BCUT2D eigenvalue weighted by Gasteiger charge is -2.14. The molecule has 1 aromatic carbocycles. The minimum absolute atomic E-state index is 0.803. The van der Waals surface area contributed by atoms with E-state index in [1.54, 1.807) is 0 Å². The summed E-state index contributed by atoms with van der Waals surface area (Å²) < 4.78 is 2.21. The normalized spacial score (nSPS) is 10.9. The van der Waals surface area contributed by atoms with Gasteiger partial charge in [-0.2, -0.15) is 0 Å². The first-order chi connectivity index (χ1) is 8.61. The maximum atomic E-state index is 4.38. The predicted molar refractivity (Wildman–Crippen MR) is 74.7 cm³/mol. The fraction of sp³-hybridized carbons (Fsp3) is 0.400. The van der Waals surface area contributed by atoms with Crippen LogP contribution in [0.15, 0.2) is 24.5 Å². The number of hydrogen-bond acceptors (Lipinski definition) is 2. The number of nitrogens with one attached hydrogen (secondary N) is 1. The van der Waals surface area contributed by atoms with Crippen LogP contribution in [0.2, 0.25) is 0 Å². The van der Waals surface area contributed by atoms with Crippen molar-refractivity contribution in [2.45, 2.75) is 33.9 Å². The third kappa shape index (κ3) is 2.62. The highest BCUT2D eigenvalue weighted by Gasteiger charge is 2.07. The lowest BCUT2D eigenvalue weighted by Crippen LogP contribution is -2.13. The molecule has 0 amide bonds. The molecule has 0 fully saturated rings. The van der Waals surface area contributed by atoms with Crippen LogP contribution < -0.4 is 5.32 Å². The van der Waals surface area contributed by atoms with Gasteiger partial charge in [0.15, 0.2) is 0 Å². The van der Waals surface area contributed by atoms with Crippen LogP contribution >= 0.6 is 0 Å². The van der Waals surface area contributed by atoms with Crippen molar-refractivity contribution in [3.8, 4) is 0 Å². The number of hydrogen-bond donors (Lipinski definition) is 1. The summed E-state index contributed by atoms with van der Waals surface area (Å²) in [5.74, 6) is 1.08. The topological polar surface area (TPSA) is 29.9 Å². The van der Waals surface area contributed by atoms with E-state index in [1.807, 2.05) is 19.4 Å². The van der Waals surface area contributed by atoms with Gasteiger partial charge in [0.2, 0.25) is 0 Å². The summed E-state index contributed by atoms with van der Waals surface area (Å²) in [6.07, 6.45) is 3.91. The van der Waals surface area contributed by atoms with Gasteiger partial charge in [0.1, 0.15) is 5.82 Å². The SMILES string of the molecule is CNCc1nccn1Cc1c(C)cc(C)cc1C. The number of nitrogens with zero attached hydrogens (tertiary/aromatic N) is 2. The number of imidazole rings is 1. The van der Waals surface area contributed by atoms with E-state index in [0.29, 0.717) is 0 Å². The highest BCUT2D eigenvalue weighted by molar-refractivity contribution is 5.37. The standard InChI is InChI=1S/C15H21N3/c1-11-7-12(2)14(13(3)8-11)10-18-6-5-17-15(18)9-16-4/h5-8,16H,9-10H2,1-4H3. The highest BCUT2D eigenvalue weighted by atomic mass is 15.1. The molecule has 0 saturated carbocycles. The minimum atomic E-state index is 0.803. The summed E-state index contributed by atoms with van der Waals surface area (Å²) >= 11 is 0. The fourth-order valence-electron chi connectivity index (χ4n) is 2.44. The van der Waals surface area contributed by atoms with Crippen molar-refractivity contribution < 1.29 is 0 Å². The third-order valence-corrected chi connectivity index (χ3v) is 3.31. The van der Waals surface area contributed by atoms with Gasteiger partial charge in [-0.25, -0.2) is 4.98 Å². The Balaban J connectivity index is 2.31. The second-order valence-corrected chi connectivity index (χ2v) is 4.88. The lowest BCUT2D eigenvalue weighted by molar-refractivity contribution is 0.670. The first-order valence-corrected chi connectivity index (χ1v) is 6.33. The third-order valence-electron chi connectivity index (χ3n) is 3.31. The molecule has 0 aliphatic rings. The molecule has 2 rings (SSSR count). The lowest BCUT2D eigenvalue weighted by atomic mass is 10.00.